The lowest BCUT2D eigenvalue weighted by molar-refractivity contribution is 0.0627. The molecule has 1 saturated heterocycles. The third kappa shape index (κ3) is 4.82. The Hall–Kier alpha value is -3.08. The van der Waals surface area contributed by atoms with E-state index in [1.165, 1.54) is 0 Å². The maximum atomic E-state index is 13.2. The number of carbonyl (C=O) groups is 1. The molecule has 1 N–H and O–H groups in total. The van der Waals surface area contributed by atoms with Gasteiger partial charge in [-0.1, -0.05) is 29.4 Å². The van der Waals surface area contributed by atoms with Crippen LogP contribution in [0.15, 0.2) is 58.6 Å². The molecule has 4 aromatic rings. The Morgan fingerprint density at radius 3 is 2.70 bits per heavy atom. The molecule has 1 aliphatic rings. The van der Waals surface area contributed by atoms with Crippen LogP contribution in [0.2, 0.25) is 0 Å². The van der Waals surface area contributed by atoms with Crippen molar-refractivity contribution in [1.82, 2.24) is 29.5 Å². The molecule has 8 nitrogen and oxygen atoms in total. The zero-order valence-electron chi connectivity index (χ0n) is 18.0. The normalized spacial score (nSPS) is 14.6. The zero-order chi connectivity index (χ0) is 22.6. The van der Waals surface area contributed by atoms with Gasteiger partial charge in [-0.05, 0) is 48.8 Å². The van der Waals surface area contributed by atoms with Crippen LogP contribution >= 0.6 is 23.6 Å². The van der Waals surface area contributed by atoms with E-state index in [4.69, 9.17) is 16.7 Å². The van der Waals surface area contributed by atoms with Gasteiger partial charge in [0.2, 0.25) is 11.7 Å². The van der Waals surface area contributed by atoms with Gasteiger partial charge >= 0.3 is 0 Å². The Morgan fingerprint density at radius 1 is 1.12 bits per heavy atom. The van der Waals surface area contributed by atoms with Gasteiger partial charge in [0.25, 0.3) is 5.91 Å². The van der Waals surface area contributed by atoms with Gasteiger partial charge in [-0.25, -0.2) is 0 Å². The van der Waals surface area contributed by atoms with Crippen LogP contribution in [0.3, 0.4) is 0 Å². The standard InChI is InChI=1S/C23H24N6O2S2/c30-22(18-16-24-23(32)29(18)17-6-2-1-3-7-17)28-13-11-27(12-14-28)10-4-9-20-25-21(26-31-20)19-8-5-15-33-19/h1-3,5-8,15-16H,4,9-14H2,(H,24,32). The number of carbonyl (C=O) groups excluding carboxylic acids is 1. The number of hydrogen-bond donors (Lipinski definition) is 1. The van der Waals surface area contributed by atoms with Crippen molar-refractivity contribution in [2.24, 2.45) is 0 Å². The van der Waals surface area contributed by atoms with Crippen LogP contribution in [0.25, 0.3) is 16.4 Å². The Labute approximate surface area is 200 Å². The second-order valence-corrected chi connectivity index (χ2v) is 9.21. The number of para-hydroxylation sites is 1. The van der Waals surface area contributed by atoms with E-state index < -0.39 is 0 Å². The quantitative estimate of drug-likeness (QED) is 0.402. The van der Waals surface area contributed by atoms with Gasteiger partial charge in [-0.15, -0.1) is 11.3 Å². The molecule has 0 atom stereocenters. The van der Waals surface area contributed by atoms with E-state index in [1.54, 1.807) is 22.1 Å². The van der Waals surface area contributed by atoms with Gasteiger partial charge in [-0.2, -0.15) is 4.98 Å². The fourth-order valence-corrected chi connectivity index (χ4v) is 4.92. The van der Waals surface area contributed by atoms with E-state index in [1.807, 2.05) is 52.7 Å². The van der Waals surface area contributed by atoms with E-state index in [0.29, 0.717) is 35.3 Å². The summed E-state index contributed by atoms with van der Waals surface area (Å²) in [5.41, 5.74) is 1.45. The fraction of sp³-hybridized carbons (Fsp3) is 0.304. The number of thiophene rings is 1. The highest BCUT2D eigenvalue weighted by Crippen LogP contribution is 2.21. The summed E-state index contributed by atoms with van der Waals surface area (Å²) in [6.45, 7) is 3.99. The molecule has 0 spiro atoms. The molecular formula is C23H24N6O2S2. The predicted molar refractivity (Wildman–Crippen MR) is 129 cm³/mol. The summed E-state index contributed by atoms with van der Waals surface area (Å²) in [6, 6.07) is 13.7. The topological polar surface area (TPSA) is 83.2 Å². The molecule has 0 saturated carbocycles. The van der Waals surface area contributed by atoms with Crippen molar-refractivity contribution in [3.05, 3.63) is 70.4 Å². The molecule has 1 amide bonds. The minimum Gasteiger partial charge on any atom is -0.339 e. The van der Waals surface area contributed by atoms with Crippen molar-refractivity contribution in [1.29, 1.82) is 0 Å². The molecule has 1 fully saturated rings. The first-order valence-corrected chi connectivity index (χ1v) is 12.2. The Bertz CT molecular complexity index is 1250. The van der Waals surface area contributed by atoms with Gasteiger partial charge in [0.1, 0.15) is 5.69 Å². The average Bonchev–Trinajstić information content (AvgIpc) is 3.61. The number of hydrogen-bond acceptors (Lipinski definition) is 7. The average molecular weight is 481 g/mol. The van der Waals surface area contributed by atoms with E-state index in [9.17, 15) is 4.79 Å². The summed E-state index contributed by atoms with van der Waals surface area (Å²) in [7, 11) is 0. The van der Waals surface area contributed by atoms with Crippen molar-refractivity contribution in [3.8, 4) is 16.4 Å². The largest absolute Gasteiger partial charge is 0.339 e. The summed E-state index contributed by atoms with van der Waals surface area (Å²) in [4.78, 5) is 26.0. The summed E-state index contributed by atoms with van der Waals surface area (Å²) in [5.74, 6) is 1.33. The Balaban J connectivity index is 1.13. The SMILES string of the molecule is O=C(c1c[nH]c(=S)n1-c1ccccc1)N1CCN(CCCc2nc(-c3cccs3)no2)CC1. The molecule has 1 aromatic carbocycles. The lowest BCUT2D eigenvalue weighted by atomic mass is 10.2. The number of benzene rings is 1. The minimum absolute atomic E-state index is 0.00202. The first-order chi connectivity index (χ1) is 16.2. The molecule has 3 aromatic heterocycles. The van der Waals surface area contributed by atoms with Crippen molar-refractivity contribution < 1.29 is 9.32 Å². The number of imidazole rings is 1. The van der Waals surface area contributed by atoms with E-state index in [0.717, 1.165) is 43.0 Å². The predicted octanol–water partition coefficient (Wildman–Crippen LogP) is 4.04. The molecule has 4 heterocycles. The van der Waals surface area contributed by atoms with Crippen molar-refractivity contribution in [3.63, 3.8) is 0 Å². The first kappa shape index (κ1) is 21.7. The van der Waals surface area contributed by atoms with E-state index >= 15 is 0 Å². The zero-order valence-corrected chi connectivity index (χ0v) is 19.6. The number of H-pyrrole nitrogens is 1. The molecule has 33 heavy (non-hydrogen) atoms. The number of aromatic amines is 1. The molecule has 0 bridgehead atoms. The van der Waals surface area contributed by atoms with Crippen LogP contribution in [0, 0.1) is 4.77 Å². The highest BCUT2D eigenvalue weighted by Gasteiger charge is 2.25. The maximum Gasteiger partial charge on any atom is 0.272 e. The molecule has 10 heteroatoms. The molecule has 0 radical (unpaired) electrons. The molecule has 5 rings (SSSR count). The molecule has 0 unspecified atom stereocenters. The summed E-state index contributed by atoms with van der Waals surface area (Å²) in [6.07, 6.45) is 3.39. The number of amides is 1. The van der Waals surface area contributed by atoms with Crippen LogP contribution in [0.1, 0.15) is 22.8 Å². The number of aryl methyl sites for hydroxylation is 1. The van der Waals surface area contributed by atoms with Crippen LogP contribution < -0.4 is 0 Å². The molecular weight excluding hydrogens is 456 g/mol. The lowest BCUT2D eigenvalue weighted by Gasteiger charge is -2.34. The fourth-order valence-electron chi connectivity index (χ4n) is 4.01. The number of aromatic nitrogens is 4. The monoisotopic (exact) mass is 480 g/mol. The van der Waals surface area contributed by atoms with Crippen LogP contribution in [0.4, 0.5) is 0 Å². The highest BCUT2D eigenvalue weighted by atomic mass is 32.1. The third-order valence-electron chi connectivity index (χ3n) is 5.74. The van der Waals surface area contributed by atoms with Gasteiger partial charge in [0.05, 0.1) is 4.88 Å². The second kappa shape index (κ2) is 9.82. The van der Waals surface area contributed by atoms with Gasteiger partial charge in [-0.3, -0.25) is 14.3 Å². The number of rotatable bonds is 7. The summed E-state index contributed by atoms with van der Waals surface area (Å²) >= 11 is 7.02. The summed E-state index contributed by atoms with van der Waals surface area (Å²) < 4.78 is 7.71. The molecule has 170 valence electrons. The van der Waals surface area contributed by atoms with Crippen molar-refractivity contribution >= 4 is 29.5 Å². The smallest absolute Gasteiger partial charge is 0.272 e. The summed E-state index contributed by atoms with van der Waals surface area (Å²) in [5, 5.41) is 6.07. The number of piperazine rings is 1. The van der Waals surface area contributed by atoms with Gasteiger partial charge < -0.3 is 14.4 Å². The van der Waals surface area contributed by atoms with E-state index in [2.05, 4.69) is 20.0 Å². The minimum atomic E-state index is -0.00202. The van der Waals surface area contributed by atoms with Crippen LogP contribution in [0.5, 0.6) is 0 Å². The first-order valence-electron chi connectivity index (χ1n) is 10.9. The lowest BCUT2D eigenvalue weighted by Crippen LogP contribution is -2.49. The van der Waals surface area contributed by atoms with Gasteiger partial charge in [0, 0.05) is 44.5 Å². The van der Waals surface area contributed by atoms with Gasteiger partial charge in [0.15, 0.2) is 4.77 Å². The molecule has 1 aliphatic heterocycles. The second-order valence-electron chi connectivity index (χ2n) is 7.88. The van der Waals surface area contributed by atoms with Crippen molar-refractivity contribution in [2.75, 3.05) is 32.7 Å². The third-order valence-corrected chi connectivity index (χ3v) is 6.91. The van der Waals surface area contributed by atoms with Crippen molar-refractivity contribution in [2.45, 2.75) is 12.8 Å². The van der Waals surface area contributed by atoms with Crippen LogP contribution in [-0.4, -0.2) is 68.1 Å². The van der Waals surface area contributed by atoms with Crippen LogP contribution in [-0.2, 0) is 6.42 Å². The van der Waals surface area contributed by atoms with E-state index in [-0.39, 0.29) is 5.91 Å². The number of nitrogens with zero attached hydrogens (tertiary/aromatic N) is 5. The Morgan fingerprint density at radius 2 is 1.94 bits per heavy atom. The molecule has 0 aliphatic carbocycles. The Kier molecular flexibility index (Phi) is 6.47. The highest BCUT2D eigenvalue weighted by molar-refractivity contribution is 7.71. The maximum absolute atomic E-state index is 13.2. The number of nitrogens with one attached hydrogen (secondary N) is 1.